The lowest BCUT2D eigenvalue weighted by atomic mass is 9.75. The summed E-state index contributed by atoms with van der Waals surface area (Å²) in [5.74, 6) is 7.36. The maximum Gasteiger partial charge on any atom is 0.0488 e. The molecule has 100 valence electrons. The van der Waals surface area contributed by atoms with E-state index in [0.717, 1.165) is 10.4 Å². The van der Waals surface area contributed by atoms with Crippen LogP contribution in [0.5, 0.6) is 0 Å². The summed E-state index contributed by atoms with van der Waals surface area (Å²) in [5, 5.41) is 0. The SMILES string of the molecule is CCC1CCCC(C(NN)c2ccc(Br)cc2)C1. The number of nitrogens with two attached hydrogens (primary N) is 1. The zero-order chi connectivity index (χ0) is 13.0. The molecule has 0 heterocycles. The van der Waals surface area contributed by atoms with Crippen molar-refractivity contribution in [3.05, 3.63) is 34.3 Å². The van der Waals surface area contributed by atoms with Gasteiger partial charge in [-0.2, -0.15) is 0 Å². The Morgan fingerprint density at radius 3 is 2.67 bits per heavy atom. The summed E-state index contributed by atoms with van der Waals surface area (Å²) in [6.07, 6.45) is 6.64. The van der Waals surface area contributed by atoms with Crippen LogP contribution >= 0.6 is 15.9 Å². The Morgan fingerprint density at radius 2 is 2.06 bits per heavy atom. The molecule has 2 nitrogen and oxygen atoms in total. The number of hydrazine groups is 1. The van der Waals surface area contributed by atoms with Gasteiger partial charge in [0.15, 0.2) is 0 Å². The van der Waals surface area contributed by atoms with Crippen molar-refractivity contribution in [1.29, 1.82) is 0 Å². The summed E-state index contributed by atoms with van der Waals surface area (Å²) < 4.78 is 1.12. The molecule has 1 aromatic carbocycles. The Labute approximate surface area is 118 Å². The summed E-state index contributed by atoms with van der Waals surface area (Å²) in [5.41, 5.74) is 4.34. The molecule has 1 fully saturated rings. The van der Waals surface area contributed by atoms with E-state index in [1.807, 2.05) is 0 Å². The number of rotatable bonds is 4. The molecule has 2 rings (SSSR count). The molecule has 0 spiro atoms. The van der Waals surface area contributed by atoms with Crippen molar-refractivity contribution in [2.24, 2.45) is 17.7 Å². The van der Waals surface area contributed by atoms with Crippen molar-refractivity contribution < 1.29 is 0 Å². The van der Waals surface area contributed by atoms with E-state index in [0.29, 0.717) is 12.0 Å². The van der Waals surface area contributed by atoms with Crippen LogP contribution in [0.25, 0.3) is 0 Å². The molecule has 0 bridgehead atoms. The normalized spacial score (nSPS) is 25.9. The predicted molar refractivity (Wildman–Crippen MR) is 79.9 cm³/mol. The number of hydrogen-bond acceptors (Lipinski definition) is 2. The second kappa shape index (κ2) is 6.69. The van der Waals surface area contributed by atoms with Crippen molar-refractivity contribution in [2.75, 3.05) is 0 Å². The molecule has 18 heavy (non-hydrogen) atoms. The highest BCUT2D eigenvalue weighted by Gasteiger charge is 2.28. The second-order valence-electron chi connectivity index (χ2n) is 5.40. The maximum atomic E-state index is 5.80. The van der Waals surface area contributed by atoms with Gasteiger partial charge in [-0.05, 0) is 42.4 Å². The van der Waals surface area contributed by atoms with Gasteiger partial charge in [-0.15, -0.1) is 0 Å². The van der Waals surface area contributed by atoms with Gasteiger partial charge in [-0.25, -0.2) is 0 Å². The van der Waals surface area contributed by atoms with Crippen molar-refractivity contribution >= 4 is 15.9 Å². The summed E-state index contributed by atoms with van der Waals surface area (Å²) in [7, 11) is 0. The zero-order valence-corrected chi connectivity index (χ0v) is 12.6. The lowest BCUT2D eigenvalue weighted by Crippen LogP contribution is -2.35. The van der Waals surface area contributed by atoms with Crippen LogP contribution in [0.1, 0.15) is 50.6 Å². The first-order valence-corrected chi connectivity index (χ1v) is 7.75. The number of nitrogens with one attached hydrogen (secondary N) is 1. The van der Waals surface area contributed by atoms with Gasteiger partial charge in [0, 0.05) is 10.5 Å². The third-order valence-electron chi connectivity index (χ3n) is 4.28. The third kappa shape index (κ3) is 3.34. The van der Waals surface area contributed by atoms with Gasteiger partial charge < -0.3 is 0 Å². The van der Waals surface area contributed by atoms with Crippen LogP contribution < -0.4 is 11.3 Å². The molecule has 3 N–H and O–H groups in total. The zero-order valence-electron chi connectivity index (χ0n) is 11.0. The first-order chi connectivity index (χ1) is 8.74. The summed E-state index contributed by atoms with van der Waals surface area (Å²) in [6.45, 7) is 2.30. The van der Waals surface area contributed by atoms with E-state index in [1.165, 1.54) is 37.7 Å². The van der Waals surface area contributed by atoms with Gasteiger partial charge in [-0.1, -0.05) is 54.2 Å². The van der Waals surface area contributed by atoms with Crippen molar-refractivity contribution in [3.63, 3.8) is 0 Å². The van der Waals surface area contributed by atoms with Gasteiger partial charge in [0.25, 0.3) is 0 Å². The fraction of sp³-hybridized carbons (Fsp3) is 0.600. The average molecular weight is 311 g/mol. The minimum atomic E-state index is 0.299. The fourth-order valence-electron chi connectivity index (χ4n) is 3.18. The average Bonchev–Trinajstić information content (AvgIpc) is 2.42. The quantitative estimate of drug-likeness (QED) is 0.647. The summed E-state index contributed by atoms with van der Waals surface area (Å²) >= 11 is 3.48. The highest BCUT2D eigenvalue weighted by atomic mass is 79.9. The van der Waals surface area contributed by atoms with Gasteiger partial charge in [-0.3, -0.25) is 11.3 Å². The topological polar surface area (TPSA) is 38.0 Å². The molecular formula is C15H23BrN2. The molecule has 3 heteroatoms. The first-order valence-electron chi connectivity index (χ1n) is 6.96. The first kappa shape index (κ1) is 14.0. The molecule has 1 aliphatic carbocycles. The number of hydrogen-bond donors (Lipinski definition) is 2. The molecule has 1 aromatic rings. The van der Waals surface area contributed by atoms with Gasteiger partial charge in [0.1, 0.15) is 0 Å². The van der Waals surface area contributed by atoms with Gasteiger partial charge in [0.2, 0.25) is 0 Å². The van der Waals surface area contributed by atoms with Crippen LogP contribution in [-0.2, 0) is 0 Å². The van der Waals surface area contributed by atoms with E-state index in [4.69, 9.17) is 5.84 Å². The molecule has 0 amide bonds. The molecule has 0 aromatic heterocycles. The van der Waals surface area contributed by atoms with Crippen LogP contribution in [0.4, 0.5) is 0 Å². The van der Waals surface area contributed by atoms with Crippen LogP contribution in [0.3, 0.4) is 0 Å². The van der Waals surface area contributed by atoms with E-state index < -0.39 is 0 Å². The minimum absolute atomic E-state index is 0.299. The number of benzene rings is 1. The largest absolute Gasteiger partial charge is 0.271 e. The Hall–Kier alpha value is -0.380. The smallest absolute Gasteiger partial charge is 0.0488 e. The highest BCUT2D eigenvalue weighted by Crippen LogP contribution is 2.38. The van der Waals surface area contributed by atoms with E-state index in [2.05, 4.69) is 52.5 Å². The van der Waals surface area contributed by atoms with Crippen molar-refractivity contribution in [3.8, 4) is 0 Å². The molecule has 1 saturated carbocycles. The Kier molecular flexibility index (Phi) is 5.22. The van der Waals surface area contributed by atoms with Crippen LogP contribution in [0, 0.1) is 11.8 Å². The fourth-order valence-corrected chi connectivity index (χ4v) is 3.45. The lowest BCUT2D eigenvalue weighted by Gasteiger charge is -2.34. The highest BCUT2D eigenvalue weighted by molar-refractivity contribution is 9.10. The standard InChI is InChI=1S/C15H23BrN2/c1-2-11-4-3-5-13(10-11)15(18-17)12-6-8-14(16)9-7-12/h6-9,11,13,15,18H,2-5,10,17H2,1H3. The van der Waals surface area contributed by atoms with Crippen LogP contribution in [-0.4, -0.2) is 0 Å². The predicted octanol–water partition coefficient (Wildman–Crippen LogP) is 4.17. The minimum Gasteiger partial charge on any atom is -0.271 e. The third-order valence-corrected chi connectivity index (χ3v) is 4.81. The van der Waals surface area contributed by atoms with E-state index in [-0.39, 0.29) is 0 Å². The molecule has 1 aliphatic rings. The summed E-state index contributed by atoms with van der Waals surface area (Å²) in [4.78, 5) is 0. The monoisotopic (exact) mass is 310 g/mol. The molecule has 0 aliphatic heterocycles. The van der Waals surface area contributed by atoms with E-state index >= 15 is 0 Å². The van der Waals surface area contributed by atoms with Crippen LogP contribution in [0.2, 0.25) is 0 Å². The Balaban J connectivity index is 2.10. The molecule has 3 unspecified atom stereocenters. The Bertz CT molecular complexity index is 363. The van der Waals surface area contributed by atoms with Crippen LogP contribution in [0.15, 0.2) is 28.7 Å². The Morgan fingerprint density at radius 1 is 1.33 bits per heavy atom. The molecular weight excluding hydrogens is 288 g/mol. The molecule has 0 saturated heterocycles. The number of halogens is 1. The van der Waals surface area contributed by atoms with E-state index in [9.17, 15) is 0 Å². The van der Waals surface area contributed by atoms with Gasteiger partial charge >= 0.3 is 0 Å². The molecule has 3 atom stereocenters. The van der Waals surface area contributed by atoms with E-state index in [1.54, 1.807) is 0 Å². The maximum absolute atomic E-state index is 5.80. The van der Waals surface area contributed by atoms with Crippen molar-refractivity contribution in [2.45, 2.75) is 45.1 Å². The van der Waals surface area contributed by atoms with Crippen molar-refractivity contribution in [1.82, 2.24) is 5.43 Å². The van der Waals surface area contributed by atoms with Gasteiger partial charge in [0.05, 0.1) is 0 Å². The summed E-state index contributed by atoms with van der Waals surface area (Å²) in [6, 6.07) is 8.83. The lowest BCUT2D eigenvalue weighted by molar-refractivity contribution is 0.210. The molecule has 0 radical (unpaired) electrons. The second-order valence-corrected chi connectivity index (χ2v) is 6.31.